The van der Waals surface area contributed by atoms with E-state index in [1.54, 1.807) is 6.07 Å². The van der Waals surface area contributed by atoms with Gasteiger partial charge in [0.2, 0.25) is 0 Å². The zero-order chi connectivity index (χ0) is 14.8. The lowest BCUT2D eigenvalue weighted by molar-refractivity contribution is 0.301. The third-order valence-corrected chi connectivity index (χ3v) is 3.84. The van der Waals surface area contributed by atoms with E-state index < -0.39 is 0 Å². The first-order valence-corrected chi connectivity index (χ1v) is 8.05. The third kappa shape index (κ3) is 6.95. The summed E-state index contributed by atoms with van der Waals surface area (Å²) in [5, 5.41) is 9.92. The largest absolute Gasteiger partial charge is 0.508 e. The average Bonchev–Trinajstić information content (AvgIpc) is 2.40. The summed E-state index contributed by atoms with van der Waals surface area (Å²) in [5.41, 5.74) is 1.09. The highest BCUT2D eigenvalue weighted by Crippen LogP contribution is 2.23. The second-order valence-corrected chi connectivity index (χ2v) is 6.16. The smallest absolute Gasteiger partial charge is 0.118 e. The van der Waals surface area contributed by atoms with Crippen molar-refractivity contribution in [1.82, 2.24) is 4.90 Å². The van der Waals surface area contributed by atoms with E-state index in [0.29, 0.717) is 11.7 Å². The second-order valence-electron chi connectivity index (χ2n) is 6.16. The molecule has 0 amide bonds. The Kier molecular flexibility index (Phi) is 8.36. The molecular formula is C18H31NO. The first-order chi connectivity index (χ1) is 9.63. The fourth-order valence-electron chi connectivity index (χ4n) is 2.81. The monoisotopic (exact) mass is 277 g/mol. The standard InChI is InChI=1S/C18H31NO/c1-4-5-6-7-8-11-16(15-19(2)3)14-17-12-9-10-13-18(17)20/h9-10,12-13,16,20H,4-8,11,14-15H2,1-3H3. The number of phenolic OH excluding ortho intramolecular Hbond substituents is 1. The Balaban J connectivity index is 2.45. The highest BCUT2D eigenvalue weighted by Gasteiger charge is 2.13. The number of phenols is 1. The molecule has 2 heteroatoms. The van der Waals surface area contributed by atoms with Crippen molar-refractivity contribution in [3.05, 3.63) is 29.8 Å². The van der Waals surface area contributed by atoms with Crippen LogP contribution < -0.4 is 0 Å². The Morgan fingerprint density at radius 3 is 2.40 bits per heavy atom. The average molecular weight is 277 g/mol. The Morgan fingerprint density at radius 1 is 1.05 bits per heavy atom. The van der Waals surface area contributed by atoms with Crippen molar-refractivity contribution in [2.24, 2.45) is 5.92 Å². The maximum Gasteiger partial charge on any atom is 0.118 e. The minimum atomic E-state index is 0.447. The summed E-state index contributed by atoms with van der Waals surface area (Å²) in [4.78, 5) is 2.26. The molecule has 1 rings (SSSR count). The predicted octanol–water partition coefficient (Wildman–Crippen LogP) is 4.47. The summed E-state index contributed by atoms with van der Waals surface area (Å²) < 4.78 is 0. The predicted molar refractivity (Wildman–Crippen MR) is 87.2 cm³/mol. The number of nitrogens with zero attached hydrogens (tertiary/aromatic N) is 1. The van der Waals surface area contributed by atoms with Gasteiger partial charge in [-0.25, -0.2) is 0 Å². The molecular weight excluding hydrogens is 246 g/mol. The molecule has 0 saturated carbocycles. The molecule has 0 heterocycles. The molecule has 0 aromatic heterocycles. The summed E-state index contributed by atoms with van der Waals surface area (Å²) in [5.74, 6) is 1.09. The van der Waals surface area contributed by atoms with Gasteiger partial charge >= 0.3 is 0 Å². The molecule has 0 aliphatic heterocycles. The molecule has 0 spiro atoms. The summed E-state index contributed by atoms with van der Waals surface area (Å²) in [6.45, 7) is 3.36. The number of aromatic hydroxyl groups is 1. The van der Waals surface area contributed by atoms with Crippen LogP contribution in [0, 0.1) is 5.92 Å². The summed E-state index contributed by atoms with van der Waals surface area (Å²) in [6.07, 6.45) is 8.93. The number of benzene rings is 1. The van der Waals surface area contributed by atoms with Gasteiger partial charge in [0.15, 0.2) is 0 Å². The zero-order valence-electron chi connectivity index (χ0n) is 13.4. The molecule has 0 aliphatic carbocycles. The lowest BCUT2D eigenvalue weighted by Gasteiger charge is -2.21. The van der Waals surface area contributed by atoms with Crippen molar-refractivity contribution < 1.29 is 5.11 Å². The van der Waals surface area contributed by atoms with Crippen LogP contribution in [0.1, 0.15) is 51.0 Å². The van der Waals surface area contributed by atoms with Gasteiger partial charge in [-0.3, -0.25) is 0 Å². The summed E-state index contributed by atoms with van der Waals surface area (Å²) in [7, 11) is 4.27. The molecule has 20 heavy (non-hydrogen) atoms. The van der Waals surface area contributed by atoms with Crippen molar-refractivity contribution in [2.45, 2.75) is 51.9 Å². The van der Waals surface area contributed by atoms with E-state index in [0.717, 1.165) is 18.5 Å². The van der Waals surface area contributed by atoms with Gasteiger partial charge in [0, 0.05) is 6.54 Å². The summed E-state index contributed by atoms with van der Waals surface area (Å²) in [6, 6.07) is 7.76. The van der Waals surface area contributed by atoms with Crippen LogP contribution in [-0.2, 0) is 6.42 Å². The Labute approximate surface area is 124 Å². The topological polar surface area (TPSA) is 23.5 Å². The molecule has 0 radical (unpaired) electrons. The van der Waals surface area contributed by atoms with E-state index in [9.17, 15) is 5.11 Å². The van der Waals surface area contributed by atoms with Crippen molar-refractivity contribution in [2.75, 3.05) is 20.6 Å². The van der Waals surface area contributed by atoms with Crippen LogP contribution in [0.4, 0.5) is 0 Å². The highest BCUT2D eigenvalue weighted by atomic mass is 16.3. The minimum Gasteiger partial charge on any atom is -0.508 e. The van der Waals surface area contributed by atoms with Crippen LogP contribution in [-0.4, -0.2) is 30.6 Å². The molecule has 1 unspecified atom stereocenters. The SMILES string of the molecule is CCCCCCCC(Cc1ccccc1O)CN(C)C. The van der Waals surface area contributed by atoms with Gasteiger partial charge < -0.3 is 10.0 Å². The Hall–Kier alpha value is -1.02. The van der Waals surface area contributed by atoms with E-state index in [4.69, 9.17) is 0 Å². The number of para-hydroxylation sites is 1. The lowest BCUT2D eigenvalue weighted by Crippen LogP contribution is -2.23. The highest BCUT2D eigenvalue weighted by molar-refractivity contribution is 5.32. The van der Waals surface area contributed by atoms with E-state index >= 15 is 0 Å². The van der Waals surface area contributed by atoms with Crippen LogP contribution in [0.25, 0.3) is 0 Å². The van der Waals surface area contributed by atoms with Crippen LogP contribution in [0.2, 0.25) is 0 Å². The zero-order valence-corrected chi connectivity index (χ0v) is 13.4. The van der Waals surface area contributed by atoms with Gasteiger partial charge in [0.05, 0.1) is 0 Å². The van der Waals surface area contributed by atoms with Crippen LogP contribution in [0.3, 0.4) is 0 Å². The van der Waals surface area contributed by atoms with Crippen molar-refractivity contribution in [1.29, 1.82) is 0 Å². The fourth-order valence-corrected chi connectivity index (χ4v) is 2.81. The number of rotatable bonds is 10. The van der Waals surface area contributed by atoms with Gasteiger partial charge in [-0.15, -0.1) is 0 Å². The van der Waals surface area contributed by atoms with Crippen LogP contribution in [0.15, 0.2) is 24.3 Å². The normalized spacial score (nSPS) is 12.8. The Morgan fingerprint density at radius 2 is 1.75 bits per heavy atom. The van der Waals surface area contributed by atoms with Crippen LogP contribution in [0.5, 0.6) is 5.75 Å². The van der Waals surface area contributed by atoms with E-state index in [1.165, 1.54) is 38.5 Å². The Bertz CT molecular complexity index is 362. The van der Waals surface area contributed by atoms with Crippen molar-refractivity contribution in [3.8, 4) is 5.75 Å². The first kappa shape index (κ1) is 17.0. The van der Waals surface area contributed by atoms with Gasteiger partial charge in [-0.1, -0.05) is 57.2 Å². The molecule has 2 nitrogen and oxygen atoms in total. The second kappa shape index (κ2) is 9.82. The molecule has 1 aromatic rings. The summed E-state index contributed by atoms with van der Waals surface area (Å²) >= 11 is 0. The van der Waals surface area contributed by atoms with Crippen molar-refractivity contribution in [3.63, 3.8) is 0 Å². The molecule has 0 fully saturated rings. The molecule has 114 valence electrons. The molecule has 1 atom stereocenters. The number of unbranched alkanes of at least 4 members (excludes halogenated alkanes) is 4. The van der Waals surface area contributed by atoms with Crippen molar-refractivity contribution >= 4 is 0 Å². The molecule has 0 bridgehead atoms. The van der Waals surface area contributed by atoms with Gasteiger partial charge in [-0.05, 0) is 44.5 Å². The number of hydrogen-bond acceptors (Lipinski definition) is 2. The molecule has 0 saturated heterocycles. The van der Waals surface area contributed by atoms with Crippen LogP contribution >= 0.6 is 0 Å². The maximum atomic E-state index is 9.92. The van der Waals surface area contributed by atoms with Gasteiger partial charge in [-0.2, -0.15) is 0 Å². The molecule has 1 N–H and O–H groups in total. The lowest BCUT2D eigenvalue weighted by atomic mass is 9.92. The maximum absolute atomic E-state index is 9.92. The quantitative estimate of drug-likeness (QED) is 0.638. The van der Waals surface area contributed by atoms with E-state index in [-0.39, 0.29) is 0 Å². The van der Waals surface area contributed by atoms with Gasteiger partial charge in [0.1, 0.15) is 5.75 Å². The molecule has 1 aromatic carbocycles. The third-order valence-electron chi connectivity index (χ3n) is 3.84. The van der Waals surface area contributed by atoms with Gasteiger partial charge in [0.25, 0.3) is 0 Å². The van der Waals surface area contributed by atoms with E-state index in [1.807, 2.05) is 12.1 Å². The number of hydrogen-bond donors (Lipinski definition) is 1. The first-order valence-electron chi connectivity index (χ1n) is 8.05. The van der Waals surface area contributed by atoms with E-state index in [2.05, 4.69) is 32.0 Å². The molecule has 0 aliphatic rings. The fraction of sp³-hybridized carbons (Fsp3) is 0.667. The minimum absolute atomic E-state index is 0.447.